The molecule has 94 valence electrons. The summed E-state index contributed by atoms with van der Waals surface area (Å²) in [6.07, 6.45) is 3.66. The molecule has 0 atom stereocenters. The number of nitrogens with two attached hydrogens (primary N) is 1. The van der Waals surface area contributed by atoms with E-state index in [1.807, 2.05) is 6.92 Å². The third-order valence-corrected chi connectivity index (χ3v) is 2.73. The molecule has 2 rings (SSSR count). The molecule has 7 heteroatoms. The lowest BCUT2D eigenvalue weighted by molar-refractivity contribution is 0.568. The lowest BCUT2D eigenvalue weighted by Crippen LogP contribution is -2.31. The molecule has 0 bridgehead atoms. The van der Waals surface area contributed by atoms with Crippen LogP contribution in [-0.2, 0) is 0 Å². The van der Waals surface area contributed by atoms with E-state index in [1.54, 1.807) is 0 Å². The summed E-state index contributed by atoms with van der Waals surface area (Å²) in [7, 11) is 0. The smallest absolute Gasteiger partial charge is 0.243 e. The first-order chi connectivity index (χ1) is 8.33. The fourth-order valence-corrected chi connectivity index (χ4v) is 1.90. The average molecular weight is 237 g/mol. The largest absolute Gasteiger partial charge is 0.354 e. The standard InChI is InChI=1S/C10H19N7/c1-2-12-8-13-9(16-11)15-10(14-8)17-6-4-3-5-7-17/h2-7,11H2,1H3,(H2,12,13,14,15,16). The summed E-state index contributed by atoms with van der Waals surface area (Å²) in [5.41, 5.74) is 2.48. The Morgan fingerprint density at radius 2 is 1.82 bits per heavy atom. The molecule has 7 nitrogen and oxygen atoms in total. The van der Waals surface area contributed by atoms with Gasteiger partial charge in [0, 0.05) is 19.6 Å². The van der Waals surface area contributed by atoms with Crippen LogP contribution in [0.3, 0.4) is 0 Å². The first-order valence-electron chi connectivity index (χ1n) is 6.05. The maximum atomic E-state index is 5.36. The van der Waals surface area contributed by atoms with Crippen LogP contribution in [0.15, 0.2) is 0 Å². The number of nitrogen functional groups attached to an aromatic ring is 1. The second kappa shape index (κ2) is 5.62. The Labute approximate surface area is 101 Å². The Bertz CT molecular complexity index is 362. The van der Waals surface area contributed by atoms with Crippen LogP contribution in [0.5, 0.6) is 0 Å². The Morgan fingerprint density at radius 3 is 2.47 bits per heavy atom. The van der Waals surface area contributed by atoms with Crippen molar-refractivity contribution in [3.8, 4) is 0 Å². The SMILES string of the molecule is CCNc1nc(NN)nc(N2CCCCC2)n1. The molecule has 1 saturated heterocycles. The fraction of sp³-hybridized carbons (Fsp3) is 0.700. The minimum atomic E-state index is 0.400. The molecule has 0 unspecified atom stereocenters. The molecule has 4 N–H and O–H groups in total. The number of anilines is 3. The summed E-state index contributed by atoms with van der Waals surface area (Å²) in [5, 5.41) is 3.08. The van der Waals surface area contributed by atoms with Gasteiger partial charge in [-0.05, 0) is 26.2 Å². The number of hydrogen-bond donors (Lipinski definition) is 3. The van der Waals surface area contributed by atoms with Crippen molar-refractivity contribution in [3.05, 3.63) is 0 Å². The Balaban J connectivity index is 2.21. The number of rotatable bonds is 4. The monoisotopic (exact) mass is 237 g/mol. The molecule has 0 radical (unpaired) electrons. The molecule has 0 spiro atoms. The third kappa shape index (κ3) is 2.94. The maximum absolute atomic E-state index is 5.36. The molecule has 1 aliphatic heterocycles. The van der Waals surface area contributed by atoms with Gasteiger partial charge >= 0.3 is 0 Å². The second-order valence-corrected chi connectivity index (χ2v) is 4.00. The van der Waals surface area contributed by atoms with Gasteiger partial charge in [-0.15, -0.1) is 0 Å². The molecular weight excluding hydrogens is 218 g/mol. The molecule has 0 aromatic carbocycles. The minimum Gasteiger partial charge on any atom is -0.354 e. The van der Waals surface area contributed by atoms with Crippen molar-refractivity contribution in [1.82, 2.24) is 15.0 Å². The van der Waals surface area contributed by atoms with E-state index in [4.69, 9.17) is 5.84 Å². The highest BCUT2D eigenvalue weighted by atomic mass is 15.4. The predicted molar refractivity (Wildman–Crippen MR) is 67.9 cm³/mol. The van der Waals surface area contributed by atoms with Crippen molar-refractivity contribution >= 4 is 17.8 Å². The van der Waals surface area contributed by atoms with Gasteiger partial charge < -0.3 is 10.2 Å². The average Bonchev–Trinajstić information content (AvgIpc) is 2.40. The van der Waals surface area contributed by atoms with E-state index in [-0.39, 0.29) is 0 Å². The summed E-state index contributed by atoms with van der Waals surface area (Å²) in [4.78, 5) is 15.0. The van der Waals surface area contributed by atoms with Crippen molar-refractivity contribution < 1.29 is 0 Å². The third-order valence-electron chi connectivity index (χ3n) is 2.73. The molecule has 0 amide bonds. The Hall–Kier alpha value is -1.63. The summed E-state index contributed by atoms with van der Waals surface area (Å²) < 4.78 is 0. The van der Waals surface area contributed by atoms with Crippen LogP contribution < -0.4 is 21.5 Å². The van der Waals surface area contributed by atoms with Gasteiger partial charge in [0.05, 0.1) is 0 Å². The number of hydrogen-bond acceptors (Lipinski definition) is 7. The Kier molecular flexibility index (Phi) is 3.92. The van der Waals surface area contributed by atoms with Gasteiger partial charge in [0.25, 0.3) is 0 Å². The number of aromatic nitrogens is 3. The van der Waals surface area contributed by atoms with E-state index in [0.29, 0.717) is 17.8 Å². The first kappa shape index (κ1) is 11.8. The van der Waals surface area contributed by atoms with Crippen molar-refractivity contribution in [2.24, 2.45) is 5.84 Å². The van der Waals surface area contributed by atoms with Gasteiger partial charge in [-0.3, -0.25) is 5.43 Å². The van der Waals surface area contributed by atoms with Gasteiger partial charge in [-0.25, -0.2) is 5.84 Å². The van der Waals surface area contributed by atoms with Crippen LogP contribution in [0, 0.1) is 0 Å². The molecular formula is C10H19N7. The molecule has 2 heterocycles. The number of hydrazine groups is 1. The van der Waals surface area contributed by atoms with E-state index in [9.17, 15) is 0 Å². The summed E-state index contributed by atoms with van der Waals surface area (Å²) in [5.74, 6) is 7.03. The zero-order chi connectivity index (χ0) is 12.1. The van der Waals surface area contributed by atoms with E-state index in [0.717, 1.165) is 19.6 Å². The van der Waals surface area contributed by atoms with Crippen LogP contribution in [0.25, 0.3) is 0 Å². The van der Waals surface area contributed by atoms with Crippen LogP contribution in [-0.4, -0.2) is 34.6 Å². The highest BCUT2D eigenvalue weighted by Gasteiger charge is 2.15. The van der Waals surface area contributed by atoms with Crippen molar-refractivity contribution in [3.63, 3.8) is 0 Å². The molecule has 1 aromatic heterocycles. The lowest BCUT2D eigenvalue weighted by Gasteiger charge is -2.26. The minimum absolute atomic E-state index is 0.400. The van der Waals surface area contributed by atoms with E-state index in [1.165, 1.54) is 19.3 Å². The zero-order valence-corrected chi connectivity index (χ0v) is 10.1. The number of nitrogens with zero attached hydrogens (tertiary/aromatic N) is 4. The van der Waals surface area contributed by atoms with Gasteiger partial charge in [-0.1, -0.05) is 0 Å². The van der Waals surface area contributed by atoms with Gasteiger partial charge in [0.1, 0.15) is 0 Å². The van der Waals surface area contributed by atoms with E-state index in [2.05, 4.69) is 30.6 Å². The van der Waals surface area contributed by atoms with E-state index >= 15 is 0 Å². The normalized spacial score (nSPS) is 15.8. The molecule has 0 saturated carbocycles. The number of piperidine rings is 1. The molecule has 1 aliphatic rings. The first-order valence-corrected chi connectivity index (χ1v) is 6.05. The van der Waals surface area contributed by atoms with Crippen LogP contribution in [0.4, 0.5) is 17.8 Å². The van der Waals surface area contributed by atoms with Gasteiger partial charge in [0.15, 0.2) is 0 Å². The van der Waals surface area contributed by atoms with Crippen LogP contribution in [0.1, 0.15) is 26.2 Å². The van der Waals surface area contributed by atoms with Crippen molar-refractivity contribution in [2.45, 2.75) is 26.2 Å². The van der Waals surface area contributed by atoms with Crippen LogP contribution in [0.2, 0.25) is 0 Å². The highest BCUT2D eigenvalue weighted by molar-refractivity contribution is 5.43. The maximum Gasteiger partial charge on any atom is 0.243 e. The van der Waals surface area contributed by atoms with Gasteiger partial charge in [-0.2, -0.15) is 15.0 Å². The molecule has 1 fully saturated rings. The molecule has 1 aromatic rings. The second-order valence-electron chi connectivity index (χ2n) is 4.00. The molecule has 17 heavy (non-hydrogen) atoms. The zero-order valence-electron chi connectivity index (χ0n) is 10.1. The summed E-state index contributed by atoms with van der Waals surface area (Å²) in [6, 6.07) is 0. The fourth-order valence-electron chi connectivity index (χ4n) is 1.90. The highest BCUT2D eigenvalue weighted by Crippen LogP contribution is 2.17. The summed E-state index contributed by atoms with van der Waals surface area (Å²) >= 11 is 0. The van der Waals surface area contributed by atoms with Crippen LogP contribution >= 0.6 is 0 Å². The van der Waals surface area contributed by atoms with E-state index < -0.39 is 0 Å². The van der Waals surface area contributed by atoms with Crippen molar-refractivity contribution in [2.75, 3.05) is 35.3 Å². The predicted octanol–water partition coefficient (Wildman–Crippen LogP) is 0.579. The Morgan fingerprint density at radius 1 is 1.12 bits per heavy atom. The lowest BCUT2D eigenvalue weighted by atomic mass is 10.1. The van der Waals surface area contributed by atoms with Gasteiger partial charge in [0.2, 0.25) is 17.8 Å². The summed E-state index contributed by atoms with van der Waals surface area (Å²) in [6.45, 7) is 4.77. The quantitative estimate of drug-likeness (QED) is 0.521. The number of nitrogens with one attached hydrogen (secondary N) is 2. The molecule has 0 aliphatic carbocycles. The van der Waals surface area contributed by atoms with Crippen molar-refractivity contribution in [1.29, 1.82) is 0 Å². The topological polar surface area (TPSA) is 92.0 Å².